The lowest BCUT2D eigenvalue weighted by atomic mass is 10.0. The summed E-state index contributed by atoms with van der Waals surface area (Å²) in [5.41, 5.74) is 4.10. The summed E-state index contributed by atoms with van der Waals surface area (Å²) in [4.78, 5) is 0. The molecule has 20 heavy (non-hydrogen) atoms. The van der Waals surface area contributed by atoms with Crippen molar-refractivity contribution in [3.8, 4) is 0 Å². The SMILES string of the molecule is Cc1cccc(CCC(C)NCc2cccc(Br)c2)c1. The molecule has 0 fully saturated rings. The average molecular weight is 332 g/mol. The predicted octanol–water partition coefficient (Wildman–Crippen LogP) is 4.87. The highest BCUT2D eigenvalue weighted by atomic mass is 79.9. The van der Waals surface area contributed by atoms with Crippen molar-refractivity contribution in [2.24, 2.45) is 0 Å². The van der Waals surface area contributed by atoms with Gasteiger partial charge in [-0.05, 0) is 49.9 Å². The fraction of sp³-hybridized carbons (Fsp3) is 0.333. The third-order valence-corrected chi connectivity index (χ3v) is 3.99. The van der Waals surface area contributed by atoms with Gasteiger partial charge in [-0.3, -0.25) is 0 Å². The highest BCUT2D eigenvalue weighted by molar-refractivity contribution is 9.10. The summed E-state index contributed by atoms with van der Waals surface area (Å²) in [5, 5.41) is 3.59. The molecule has 0 aromatic heterocycles. The van der Waals surface area contributed by atoms with Gasteiger partial charge < -0.3 is 5.32 Å². The molecule has 0 aliphatic rings. The van der Waals surface area contributed by atoms with E-state index >= 15 is 0 Å². The summed E-state index contributed by atoms with van der Waals surface area (Å²) in [7, 11) is 0. The van der Waals surface area contributed by atoms with Gasteiger partial charge in [0.2, 0.25) is 0 Å². The van der Waals surface area contributed by atoms with E-state index in [1.807, 2.05) is 0 Å². The molecule has 0 saturated carbocycles. The van der Waals surface area contributed by atoms with E-state index in [9.17, 15) is 0 Å². The predicted molar refractivity (Wildman–Crippen MR) is 89.9 cm³/mol. The van der Waals surface area contributed by atoms with E-state index in [4.69, 9.17) is 0 Å². The molecule has 0 aliphatic carbocycles. The number of aryl methyl sites for hydroxylation is 2. The first-order valence-corrected chi connectivity index (χ1v) is 7.96. The van der Waals surface area contributed by atoms with Crippen molar-refractivity contribution in [3.05, 3.63) is 69.7 Å². The van der Waals surface area contributed by atoms with E-state index in [0.29, 0.717) is 6.04 Å². The Kier molecular flexibility index (Phi) is 5.81. The molecule has 0 spiro atoms. The first-order valence-electron chi connectivity index (χ1n) is 7.17. The van der Waals surface area contributed by atoms with Crippen molar-refractivity contribution in [1.29, 1.82) is 0 Å². The first kappa shape index (κ1) is 15.3. The van der Waals surface area contributed by atoms with Crippen LogP contribution in [0, 0.1) is 6.92 Å². The Morgan fingerprint density at radius 2 is 1.80 bits per heavy atom. The second kappa shape index (κ2) is 7.61. The van der Waals surface area contributed by atoms with Gasteiger partial charge in [0.05, 0.1) is 0 Å². The molecule has 0 radical (unpaired) electrons. The molecule has 2 rings (SSSR count). The Bertz CT molecular complexity index is 501. The largest absolute Gasteiger partial charge is 0.310 e. The Morgan fingerprint density at radius 3 is 2.55 bits per heavy atom. The molecule has 1 unspecified atom stereocenters. The van der Waals surface area contributed by atoms with Crippen LogP contribution in [-0.2, 0) is 13.0 Å². The average Bonchev–Trinajstić information content (AvgIpc) is 2.43. The van der Waals surface area contributed by atoms with Crippen LogP contribution in [0.5, 0.6) is 0 Å². The van der Waals surface area contributed by atoms with Crippen LogP contribution in [0.3, 0.4) is 0 Å². The van der Waals surface area contributed by atoms with Gasteiger partial charge in [0, 0.05) is 17.1 Å². The van der Waals surface area contributed by atoms with E-state index in [0.717, 1.165) is 23.9 Å². The standard InChI is InChI=1S/C18H22BrN/c1-14-5-3-6-16(11-14)10-9-15(2)20-13-17-7-4-8-18(19)12-17/h3-8,11-12,15,20H,9-10,13H2,1-2H3. The van der Waals surface area contributed by atoms with Gasteiger partial charge in [0.15, 0.2) is 0 Å². The summed E-state index contributed by atoms with van der Waals surface area (Å²) >= 11 is 3.51. The fourth-order valence-corrected chi connectivity index (χ4v) is 2.74. The third kappa shape index (κ3) is 5.10. The van der Waals surface area contributed by atoms with E-state index in [2.05, 4.69) is 83.6 Å². The third-order valence-electron chi connectivity index (χ3n) is 3.49. The highest BCUT2D eigenvalue weighted by Crippen LogP contribution is 2.12. The van der Waals surface area contributed by atoms with E-state index in [1.165, 1.54) is 16.7 Å². The Hall–Kier alpha value is -1.12. The maximum absolute atomic E-state index is 3.59. The summed E-state index contributed by atoms with van der Waals surface area (Å²) in [6, 6.07) is 17.8. The van der Waals surface area contributed by atoms with Gasteiger partial charge in [0.25, 0.3) is 0 Å². The molecular weight excluding hydrogens is 310 g/mol. The van der Waals surface area contributed by atoms with Crippen LogP contribution in [-0.4, -0.2) is 6.04 Å². The summed E-state index contributed by atoms with van der Waals surface area (Å²) in [6.07, 6.45) is 2.30. The van der Waals surface area contributed by atoms with Crippen molar-refractivity contribution in [2.75, 3.05) is 0 Å². The second-order valence-corrected chi connectivity index (χ2v) is 6.36. The van der Waals surface area contributed by atoms with Crippen molar-refractivity contribution in [1.82, 2.24) is 5.32 Å². The molecule has 0 saturated heterocycles. The van der Waals surface area contributed by atoms with Gasteiger partial charge in [-0.1, -0.05) is 57.9 Å². The zero-order valence-electron chi connectivity index (χ0n) is 12.2. The van der Waals surface area contributed by atoms with Crippen LogP contribution in [0.2, 0.25) is 0 Å². The molecule has 1 N–H and O–H groups in total. The van der Waals surface area contributed by atoms with Crippen LogP contribution >= 0.6 is 15.9 Å². The minimum Gasteiger partial charge on any atom is -0.310 e. The zero-order chi connectivity index (χ0) is 14.4. The normalized spacial score (nSPS) is 12.3. The lowest BCUT2D eigenvalue weighted by molar-refractivity contribution is 0.514. The number of nitrogens with one attached hydrogen (secondary N) is 1. The van der Waals surface area contributed by atoms with Gasteiger partial charge in [-0.2, -0.15) is 0 Å². The molecule has 1 atom stereocenters. The Balaban J connectivity index is 1.77. The van der Waals surface area contributed by atoms with Crippen molar-refractivity contribution in [2.45, 2.75) is 39.3 Å². The Labute approximate surface area is 130 Å². The number of hydrogen-bond acceptors (Lipinski definition) is 1. The number of hydrogen-bond donors (Lipinski definition) is 1. The zero-order valence-corrected chi connectivity index (χ0v) is 13.8. The summed E-state index contributed by atoms with van der Waals surface area (Å²) in [6.45, 7) is 5.33. The van der Waals surface area contributed by atoms with Gasteiger partial charge >= 0.3 is 0 Å². The summed E-state index contributed by atoms with van der Waals surface area (Å²) < 4.78 is 1.14. The van der Waals surface area contributed by atoms with Crippen LogP contribution in [0.4, 0.5) is 0 Å². The highest BCUT2D eigenvalue weighted by Gasteiger charge is 2.03. The monoisotopic (exact) mass is 331 g/mol. The van der Waals surface area contributed by atoms with Crippen LogP contribution < -0.4 is 5.32 Å². The van der Waals surface area contributed by atoms with Crippen LogP contribution in [0.1, 0.15) is 30.0 Å². The smallest absolute Gasteiger partial charge is 0.0208 e. The maximum Gasteiger partial charge on any atom is 0.0208 e. The molecule has 1 nitrogen and oxygen atoms in total. The van der Waals surface area contributed by atoms with Crippen molar-refractivity contribution < 1.29 is 0 Å². The molecule has 2 aromatic rings. The molecule has 2 heteroatoms. The topological polar surface area (TPSA) is 12.0 Å². The lowest BCUT2D eigenvalue weighted by Gasteiger charge is -2.14. The quantitative estimate of drug-likeness (QED) is 0.796. The van der Waals surface area contributed by atoms with Crippen molar-refractivity contribution in [3.63, 3.8) is 0 Å². The van der Waals surface area contributed by atoms with Crippen molar-refractivity contribution >= 4 is 15.9 Å². The first-order chi connectivity index (χ1) is 9.63. The van der Waals surface area contributed by atoms with Crippen LogP contribution in [0.25, 0.3) is 0 Å². The fourth-order valence-electron chi connectivity index (χ4n) is 2.29. The molecule has 0 aliphatic heterocycles. The van der Waals surface area contributed by atoms with E-state index in [-0.39, 0.29) is 0 Å². The minimum absolute atomic E-state index is 0.523. The Morgan fingerprint density at radius 1 is 1.05 bits per heavy atom. The van der Waals surface area contributed by atoms with Gasteiger partial charge in [0.1, 0.15) is 0 Å². The summed E-state index contributed by atoms with van der Waals surface area (Å²) in [5.74, 6) is 0. The van der Waals surface area contributed by atoms with Gasteiger partial charge in [-0.15, -0.1) is 0 Å². The molecular formula is C18H22BrN. The molecule has 0 bridgehead atoms. The number of benzene rings is 2. The second-order valence-electron chi connectivity index (χ2n) is 5.44. The number of rotatable bonds is 6. The van der Waals surface area contributed by atoms with Gasteiger partial charge in [-0.25, -0.2) is 0 Å². The molecule has 106 valence electrons. The number of halogens is 1. The lowest BCUT2D eigenvalue weighted by Crippen LogP contribution is -2.25. The van der Waals surface area contributed by atoms with Crippen LogP contribution in [0.15, 0.2) is 53.0 Å². The molecule has 0 amide bonds. The van der Waals surface area contributed by atoms with E-state index < -0.39 is 0 Å². The minimum atomic E-state index is 0.523. The van der Waals surface area contributed by atoms with E-state index in [1.54, 1.807) is 0 Å². The molecule has 0 heterocycles. The molecule has 2 aromatic carbocycles. The maximum atomic E-state index is 3.59.